The Bertz CT molecular complexity index is 895. The molecule has 1 aliphatic rings. The number of hydrogen-bond acceptors (Lipinski definition) is 5. The molecule has 0 aromatic heterocycles. The first-order valence-electron chi connectivity index (χ1n) is 9.45. The minimum atomic E-state index is -0.672. The van der Waals surface area contributed by atoms with E-state index in [4.69, 9.17) is 14.2 Å². The zero-order valence-electron chi connectivity index (χ0n) is 16.4. The molecule has 2 N–H and O–H groups in total. The van der Waals surface area contributed by atoms with E-state index in [1.807, 2.05) is 55.5 Å². The quantitative estimate of drug-likeness (QED) is 0.528. The van der Waals surface area contributed by atoms with Crippen LogP contribution in [0, 0.1) is 0 Å². The Morgan fingerprint density at radius 2 is 1.72 bits per heavy atom. The van der Waals surface area contributed by atoms with E-state index >= 15 is 0 Å². The van der Waals surface area contributed by atoms with Gasteiger partial charge in [0.25, 0.3) is 0 Å². The molecule has 0 saturated heterocycles. The van der Waals surface area contributed by atoms with Crippen molar-refractivity contribution in [3.8, 4) is 11.5 Å². The smallest absolute Gasteiger partial charge is 0.338 e. The van der Waals surface area contributed by atoms with Crippen molar-refractivity contribution in [2.45, 2.75) is 19.9 Å². The summed E-state index contributed by atoms with van der Waals surface area (Å²) in [4.78, 5) is 24.9. The van der Waals surface area contributed by atoms with Gasteiger partial charge in [0.05, 0.1) is 18.2 Å². The molecular formula is C22H24N2O5. The van der Waals surface area contributed by atoms with E-state index in [-0.39, 0.29) is 19.2 Å². The summed E-state index contributed by atoms with van der Waals surface area (Å²) in [5, 5.41) is 5.42. The summed E-state index contributed by atoms with van der Waals surface area (Å²) in [5.74, 6) is 0.782. The van der Waals surface area contributed by atoms with E-state index in [1.54, 1.807) is 13.0 Å². The number of carbonyl (C=O) groups is 2. The molecule has 0 unspecified atom stereocenters. The fourth-order valence-electron chi connectivity index (χ4n) is 3.09. The maximum absolute atomic E-state index is 12.8. The standard InChI is InChI=1S/C22H24N2O5/c1-3-27-18-12-8-7-11-17(18)20-19(15(2)23-22(26)24-20)21(25)29-14-13-28-16-9-5-4-6-10-16/h4-12,20H,3,13-14H2,1-2H3,(H2,23,24,26)/t20-/m0/s1. The van der Waals surface area contributed by atoms with Crippen LogP contribution in [-0.2, 0) is 9.53 Å². The molecule has 1 aliphatic heterocycles. The first-order valence-corrected chi connectivity index (χ1v) is 9.45. The number of para-hydroxylation sites is 2. The Kier molecular flexibility index (Phi) is 6.73. The third-order valence-electron chi connectivity index (χ3n) is 4.35. The zero-order chi connectivity index (χ0) is 20.6. The number of rotatable bonds is 8. The van der Waals surface area contributed by atoms with Crippen LogP contribution in [0.1, 0.15) is 25.5 Å². The Morgan fingerprint density at radius 3 is 2.48 bits per heavy atom. The topological polar surface area (TPSA) is 85.9 Å². The van der Waals surface area contributed by atoms with Gasteiger partial charge in [0.2, 0.25) is 0 Å². The number of carbonyl (C=O) groups excluding carboxylic acids is 2. The van der Waals surface area contributed by atoms with Crippen molar-refractivity contribution in [3.63, 3.8) is 0 Å². The highest BCUT2D eigenvalue weighted by Crippen LogP contribution is 2.33. The van der Waals surface area contributed by atoms with Gasteiger partial charge in [-0.3, -0.25) is 0 Å². The van der Waals surface area contributed by atoms with Gasteiger partial charge in [-0.1, -0.05) is 36.4 Å². The van der Waals surface area contributed by atoms with Gasteiger partial charge in [-0.05, 0) is 32.0 Å². The van der Waals surface area contributed by atoms with Gasteiger partial charge in [-0.15, -0.1) is 0 Å². The molecule has 0 bridgehead atoms. The normalized spacial score (nSPS) is 15.9. The molecular weight excluding hydrogens is 372 g/mol. The van der Waals surface area contributed by atoms with Crippen LogP contribution in [0.5, 0.6) is 11.5 Å². The lowest BCUT2D eigenvalue weighted by atomic mass is 9.95. The highest BCUT2D eigenvalue weighted by atomic mass is 16.6. The molecule has 152 valence electrons. The van der Waals surface area contributed by atoms with Gasteiger partial charge >= 0.3 is 12.0 Å². The van der Waals surface area contributed by atoms with Crippen molar-refractivity contribution in [1.82, 2.24) is 10.6 Å². The summed E-state index contributed by atoms with van der Waals surface area (Å²) in [5.41, 5.74) is 1.46. The number of esters is 1. The van der Waals surface area contributed by atoms with Crippen LogP contribution in [-0.4, -0.2) is 31.8 Å². The van der Waals surface area contributed by atoms with Crippen LogP contribution < -0.4 is 20.1 Å². The molecule has 1 heterocycles. The van der Waals surface area contributed by atoms with Crippen molar-refractivity contribution >= 4 is 12.0 Å². The van der Waals surface area contributed by atoms with E-state index < -0.39 is 12.0 Å². The van der Waals surface area contributed by atoms with E-state index in [0.717, 1.165) is 0 Å². The van der Waals surface area contributed by atoms with Crippen LogP contribution >= 0.6 is 0 Å². The molecule has 0 fully saturated rings. The van der Waals surface area contributed by atoms with Gasteiger partial charge < -0.3 is 24.8 Å². The minimum Gasteiger partial charge on any atom is -0.494 e. The summed E-state index contributed by atoms with van der Waals surface area (Å²) in [6.07, 6.45) is 0. The highest BCUT2D eigenvalue weighted by molar-refractivity contribution is 5.95. The molecule has 2 aromatic carbocycles. The lowest BCUT2D eigenvalue weighted by molar-refractivity contribution is -0.140. The van der Waals surface area contributed by atoms with Crippen LogP contribution in [0.25, 0.3) is 0 Å². The molecule has 29 heavy (non-hydrogen) atoms. The van der Waals surface area contributed by atoms with Crippen LogP contribution in [0.2, 0.25) is 0 Å². The SMILES string of the molecule is CCOc1ccccc1[C@@H]1NC(=O)NC(C)=C1C(=O)OCCOc1ccccc1. The van der Waals surface area contributed by atoms with Gasteiger partial charge in [-0.2, -0.15) is 0 Å². The number of ether oxygens (including phenoxy) is 3. The minimum absolute atomic E-state index is 0.0816. The number of nitrogens with one attached hydrogen (secondary N) is 2. The molecule has 7 heteroatoms. The number of urea groups is 1. The molecule has 2 amide bonds. The number of hydrogen-bond donors (Lipinski definition) is 2. The summed E-state index contributed by atoms with van der Waals surface area (Å²) in [7, 11) is 0. The lowest BCUT2D eigenvalue weighted by Gasteiger charge is -2.29. The van der Waals surface area contributed by atoms with Crippen molar-refractivity contribution in [2.75, 3.05) is 19.8 Å². The molecule has 3 rings (SSSR count). The number of benzene rings is 2. The van der Waals surface area contributed by atoms with E-state index in [2.05, 4.69) is 10.6 Å². The molecule has 0 aliphatic carbocycles. The second kappa shape index (κ2) is 9.64. The molecule has 0 radical (unpaired) electrons. The van der Waals surface area contributed by atoms with E-state index in [0.29, 0.717) is 34.9 Å². The molecule has 0 spiro atoms. The number of amides is 2. The van der Waals surface area contributed by atoms with E-state index in [9.17, 15) is 9.59 Å². The number of allylic oxidation sites excluding steroid dienone is 1. The summed E-state index contributed by atoms with van der Waals surface area (Å²) < 4.78 is 16.6. The van der Waals surface area contributed by atoms with Gasteiger partial charge in [0.1, 0.15) is 24.7 Å². The molecule has 2 aromatic rings. The third-order valence-corrected chi connectivity index (χ3v) is 4.35. The van der Waals surface area contributed by atoms with Crippen molar-refractivity contribution in [3.05, 3.63) is 71.4 Å². The molecule has 0 saturated carbocycles. The first kappa shape index (κ1) is 20.3. The van der Waals surface area contributed by atoms with Crippen molar-refractivity contribution < 1.29 is 23.8 Å². The van der Waals surface area contributed by atoms with Gasteiger partial charge in [-0.25, -0.2) is 9.59 Å². The average molecular weight is 396 g/mol. The Balaban J connectivity index is 1.73. The molecule has 1 atom stereocenters. The average Bonchev–Trinajstić information content (AvgIpc) is 2.72. The van der Waals surface area contributed by atoms with Crippen LogP contribution in [0.4, 0.5) is 4.79 Å². The second-order valence-electron chi connectivity index (χ2n) is 6.34. The maximum atomic E-state index is 12.8. The predicted octanol–water partition coefficient (Wildman–Crippen LogP) is 3.34. The lowest BCUT2D eigenvalue weighted by Crippen LogP contribution is -2.45. The van der Waals surface area contributed by atoms with E-state index in [1.165, 1.54) is 0 Å². The fraction of sp³-hybridized carbons (Fsp3) is 0.273. The Labute approximate surface area is 169 Å². The Hall–Kier alpha value is -3.48. The van der Waals surface area contributed by atoms with Crippen LogP contribution in [0.15, 0.2) is 65.9 Å². The predicted molar refractivity (Wildman–Crippen MR) is 108 cm³/mol. The first-order chi connectivity index (χ1) is 14.1. The monoisotopic (exact) mass is 396 g/mol. The van der Waals surface area contributed by atoms with Gasteiger partial charge in [0, 0.05) is 11.3 Å². The summed E-state index contributed by atoms with van der Waals surface area (Å²) in [6.45, 7) is 4.32. The highest BCUT2D eigenvalue weighted by Gasteiger charge is 2.33. The molecule has 7 nitrogen and oxygen atoms in total. The summed E-state index contributed by atoms with van der Waals surface area (Å²) >= 11 is 0. The van der Waals surface area contributed by atoms with Crippen molar-refractivity contribution in [2.24, 2.45) is 0 Å². The Morgan fingerprint density at radius 1 is 1.00 bits per heavy atom. The third kappa shape index (κ3) is 5.07. The van der Waals surface area contributed by atoms with Crippen LogP contribution in [0.3, 0.4) is 0 Å². The zero-order valence-corrected chi connectivity index (χ0v) is 16.4. The largest absolute Gasteiger partial charge is 0.494 e. The van der Waals surface area contributed by atoms with Crippen molar-refractivity contribution in [1.29, 1.82) is 0 Å². The van der Waals surface area contributed by atoms with Gasteiger partial charge in [0.15, 0.2) is 0 Å². The second-order valence-corrected chi connectivity index (χ2v) is 6.34. The summed E-state index contributed by atoms with van der Waals surface area (Å²) in [6, 6.07) is 15.5. The maximum Gasteiger partial charge on any atom is 0.338 e. The fourth-order valence-corrected chi connectivity index (χ4v) is 3.09.